The van der Waals surface area contributed by atoms with E-state index in [0.717, 1.165) is 11.0 Å². The number of ether oxygens (including phenoxy) is 1. The Morgan fingerprint density at radius 2 is 2.10 bits per heavy atom. The number of carbonyl (C=O) groups is 1. The Bertz CT molecular complexity index is 475. The molecule has 0 saturated carbocycles. The van der Waals surface area contributed by atoms with Gasteiger partial charge in [0, 0.05) is 36.7 Å². The molecule has 0 radical (unpaired) electrons. The predicted octanol–water partition coefficient (Wildman–Crippen LogP) is 1.53. The molecular formula is C13H22N4O2S. The van der Waals surface area contributed by atoms with Crippen molar-refractivity contribution >= 4 is 22.6 Å². The Hall–Kier alpha value is -1.21. The number of hydrogen-bond acceptors (Lipinski definition) is 6. The summed E-state index contributed by atoms with van der Waals surface area (Å²) in [6.45, 7) is 7.86. The molecule has 0 aromatic carbocycles. The Morgan fingerprint density at radius 3 is 2.60 bits per heavy atom. The number of amides is 1. The zero-order valence-electron chi connectivity index (χ0n) is 12.2. The highest BCUT2D eigenvalue weighted by molar-refractivity contribution is 7.09. The van der Waals surface area contributed by atoms with Crippen LogP contribution in [0.5, 0.6) is 0 Å². The molecule has 1 amide bonds. The van der Waals surface area contributed by atoms with Gasteiger partial charge in [-0.15, -0.1) is 0 Å². The lowest BCUT2D eigenvalue weighted by atomic mass is 9.79. The van der Waals surface area contributed by atoms with Crippen molar-refractivity contribution in [3.05, 3.63) is 5.82 Å². The molecule has 6 nitrogen and oxygen atoms in total. The zero-order valence-corrected chi connectivity index (χ0v) is 13.0. The second-order valence-corrected chi connectivity index (χ2v) is 7.04. The van der Waals surface area contributed by atoms with Gasteiger partial charge in [0.25, 0.3) is 0 Å². The number of nitrogens with zero attached hydrogens (tertiary/aromatic N) is 2. The number of anilines is 1. The van der Waals surface area contributed by atoms with Crippen molar-refractivity contribution in [1.29, 1.82) is 0 Å². The molecule has 7 heteroatoms. The van der Waals surface area contributed by atoms with Crippen LogP contribution in [0.4, 0.5) is 5.13 Å². The highest BCUT2D eigenvalue weighted by Crippen LogP contribution is 2.31. The molecule has 0 spiro atoms. The number of hydrogen-bond donors (Lipinski definition) is 2. The van der Waals surface area contributed by atoms with Crippen LogP contribution in [0.2, 0.25) is 0 Å². The van der Waals surface area contributed by atoms with Crippen LogP contribution in [0.25, 0.3) is 0 Å². The smallest absolute Gasteiger partial charge is 0.225 e. The third-order valence-corrected chi connectivity index (χ3v) is 4.32. The van der Waals surface area contributed by atoms with Crippen LogP contribution in [-0.4, -0.2) is 35.0 Å². The van der Waals surface area contributed by atoms with E-state index >= 15 is 0 Å². The van der Waals surface area contributed by atoms with Crippen molar-refractivity contribution in [3.8, 4) is 0 Å². The van der Waals surface area contributed by atoms with Crippen molar-refractivity contribution in [3.63, 3.8) is 0 Å². The maximum absolute atomic E-state index is 11.8. The van der Waals surface area contributed by atoms with Crippen molar-refractivity contribution in [2.45, 2.75) is 39.0 Å². The van der Waals surface area contributed by atoms with Gasteiger partial charge in [-0.1, -0.05) is 20.8 Å². The molecule has 0 bridgehead atoms. The molecule has 20 heavy (non-hydrogen) atoms. The van der Waals surface area contributed by atoms with Crippen molar-refractivity contribution in [2.24, 2.45) is 11.1 Å². The average Bonchev–Trinajstić information content (AvgIpc) is 2.86. The number of rotatable bonds is 4. The molecule has 3 N–H and O–H groups in total. The van der Waals surface area contributed by atoms with Gasteiger partial charge in [-0.25, -0.2) is 4.98 Å². The van der Waals surface area contributed by atoms with E-state index in [0.29, 0.717) is 32.6 Å². The molecule has 1 saturated heterocycles. The summed E-state index contributed by atoms with van der Waals surface area (Å²) in [7, 11) is 0. The summed E-state index contributed by atoms with van der Waals surface area (Å²) in [6, 6.07) is 0. The maximum Gasteiger partial charge on any atom is 0.225 e. The first-order valence-electron chi connectivity index (χ1n) is 6.79. The first-order chi connectivity index (χ1) is 9.33. The van der Waals surface area contributed by atoms with Crippen molar-refractivity contribution in [2.75, 3.05) is 25.1 Å². The summed E-state index contributed by atoms with van der Waals surface area (Å²) in [5.41, 5.74) is 4.96. The monoisotopic (exact) mass is 298 g/mol. The minimum absolute atomic E-state index is 0.0729. The van der Waals surface area contributed by atoms with Crippen LogP contribution >= 0.6 is 11.5 Å². The van der Waals surface area contributed by atoms with E-state index < -0.39 is 5.41 Å². The van der Waals surface area contributed by atoms with Gasteiger partial charge >= 0.3 is 0 Å². The fourth-order valence-electron chi connectivity index (χ4n) is 2.12. The molecule has 0 atom stereocenters. The van der Waals surface area contributed by atoms with Crippen LogP contribution < -0.4 is 11.1 Å². The largest absolute Gasteiger partial charge is 0.381 e. The standard InChI is InChI=1S/C13H22N4O2S/c1-12(2,3)10-16-11(20-17-10)15-8-13(9(14)18)4-6-19-7-5-13/h4-8H2,1-3H3,(H2,14,18)(H,15,16,17). The summed E-state index contributed by atoms with van der Waals surface area (Å²) in [5, 5.41) is 3.96. The maximum atomic E-state index is 11.8. The highest BCUT2D eigenvalue weighted by atomic mass is 32.1. The van der Waals surface area contributed by atoms with E-state index in [2.05, 4.69) is 35.4 Å². The lowest BCUT2D eigenvalue weighted by molar-refractivity contribution is -0.132. The lowest BCUT2D eigenvalue weighted by Gasteiger charge is -2.34. The number of primary amides is 1. The van der Waals surface area contributed by atoms with Crippen LogP contribution in [0.1, 0.15) is 39.4 Å². The van der Waals surface area contributed by atoms with Crippen molar-refractivity contribution < 1.29 is 9.53 Å². The lowest BCUT2D eigenvalue weighted by Crippen LogP contribution is -2.46. The minimum atomic E-state index is -0.536. The molecule has 1 aliphatic heterocycles. The number of nitrogens with two attached hydrogens (primary N) is 1. The zero-order chi connectivity index (χ0) is 14.8. The normalized spacial score (nSPS) is 18.8. The van der Waals surface area contributed by atoms with E-state index in [4.69, 9.17) is 10.5 Å². The second-order valence-electron chi connectivity index (χ2n) is 6.28. The van der Waals surface area contributed by atoms with Crippen molar-refractivity contribution in [1.82, 2.24) is 9.36 Å². The fourth-order valence-corrected chi connectivity index (χ4v) is 2.87. The first kappa shape index (κ1) is 15.2. The van der Waals surface area contributed by atoms with Gasteiger partial charge in [0.1, 0.15) is 5.82 Å². The van der Waals surface area contributed by atoms with E-state index in [-0.39, 0.29) is 11.3 Å². The highest BCUT2D eigenvalue weighted by Gasteiger charge is 2.38. The Labute approximate surface area is 123 Å². The number of carbonyl (C=O) groups excluding carboxylic acids is 1. The van der Waals surface area contributed by atoms with Gasteiger partial charge in [-0.2, -0.15) is 4.37 Å². The van der Waals surface area contributed by atoms with Gasteiger partial charge in [0.05, 0.1) is 5.41 Å². The first-order valence-corrected chi connectivity index (χ1v) is 7.57. The van der Waals surface area contributed by atoms with Gasteiger partial charge < -0.3 is 15.8 Å². The molecule has 1 aliphatic rings. The van der Waals surface area contributed by atoms with Crippen LogP contribution in [0.3, 0.4) is 0 Å². The summed E-state index contributed by atoms with van der Waals surface area (Å²) < 4.78 is 9.66. The molecule has 2 heterocycles. The minimum Gasteiger partial charge on any atom is -0.381 e. The van der Waals surface area contributed by atoms with E-state index in [1.165, 1.54) is 11.5 Å². The van der Waals surface area contributed by atoms with Crippen LogP contribution in [-0.2, 0) is 14.9 Å². The topological polar surface area (TPSA) is 90.1 Å². The number of aromatic nitrogens is 2. The van der Waals surface area contributed by atoms with Gasteiger partial charge in [-0.3, -0.25) is 4.79 Å². The second kappa shape index (κ2) is 5.65. The quantitative estimate of drug-likeness (QED) is 0.879. The van der Waals surface area contributed by atoms with Gasteiger partial charge in [-0.05, 0) is 12.8 Å². The van der Waals surface area contributed by atoms with Crippen LogP contribution in [0.15, 0.2) is 0 Å². The summed E-state index contributed by atoms with van der Waals surface area (Å²) in [5.74, 6) is 0.541. The molecule has 2 rings (SSSR count). The summed E-state index contributed by atoms with van der Waals surface area (Å²) in [6.07, 6.45) is 1.31. The summed E-state index contributed by atoms with van der Waals surface area (Å²) >= 11 is 1.32. The Balaban J connectivity index is 2.03. The fraction of sp³-hybridized carbons (Fsp3) is 0.769. The number of nitrogens with one attached hydrogen (secondary N) is 1. The SMILES string of the molecule is CC(C)(C)c1nsc(NCC2(C(N)=O)CCOCC2)n1. The molecule has 1 aromatic heterocycles. The van der Waals surface area contributed by atoms with E-state index in [9.17, 15) is 4.79 Å². The Kier molecular flexibility index (Phi) is 4.29. The molecule has 1 aromatic rings. The van der Waals surface area contributed by atoms with Crippen LogP contribution in [0, 0.1) is 5.41 Å². The van der Waals surface area contributed by atoms with E-state index in [1.54, 1.807) is 0 Å². The molecule has 0 unspecified atom stereocenters. The molecule has 112 valence electrons. The third kappa shape index (κ3) is 3.27. The predicted molar refractivity (Wildman–Crippen MR) is 78.8 cm³/mol. The molecular weight excluding hydrogens is 276 g/mol. The van der Waals surface area contributed by atoms with Gasteiger partial charge in [0.2, 0.25) is 11.0 Å². The Morgan fingerprint density at radius 1 is 1.45 bits per heavy atom. The molecule has 1 fully saturated rings. The molecule has 0 aliphatic carbocycles. The van der Waals surface area contributed by atoms with Gasteiger partial charge in [0.15, 0.2) is 0 Å². The van der Waals surface area contributed by atoms with E-state index in [1.807, 2.05) is 0 Å². The summed E-state index contributed by atoms with van der Waals surface area (Å²) in [4.78, 5) is 16.2. The average molecular weight is 298 g/mol. The third-order valence-electron chi connectivity index (χ3n) is 3.65.